The molecule has 0 saturated heterocycles. The third-order valence-electron chi connectivity index (χ3n) is 3.48. The van der Waals surface area contributed by atoms with Crippen molar-refractivity contribution < 1.29 is 14.3 Å². The Morgan fingerprint density at radius 1 is 1.08 bits per heavy atom. The van der Waals surface area contributed by atoms with E-state index in [1.807, 2.05) is 0 Å². The molecule has 0 aliphatic rings. The molecule has 0 atom stereocenters. The average molecular weight is 388 g/mol. The molecule has 3 aromatic rings. The molecule has 3 rings (SSSR count). The van der Waals surface area contributed by atoms with Crippen LogP contribution in [-0.2, 0) is 0 Å². The number of rotatable bonds is 5. The molecular weight excluding hydrogens is 374 g/mol. The number of anilines is 2. The van der Waals surface area contributed by atoms with Gasteiger partial charge in [-0.15, -0.1) is 11.3 Å². The van der Waals surface area contributed by atoms with Gasteiger partial charge in [-0.05, 0) is 30.3 Å². The molecule has 8 heteroatoms. The van der Waals surface area contributed by atoms with Gasteiger partial charge in [0.25, 0.3) is 11.8 Å². The van der Waals surface area contributed by atoms with E-state index in [1.54, 1.807) is 48.0 Å². The highest BCUT2D eigenvalue weighted by Gasteiger charge is 2.17. The summed E-state index contributed by atoms with van der Waals surface area (Å²) in [6.45, 7) is 0. The largest absolute Gasteiger partial charge is 0.496 e. The smallest absolute Gasteiger partial charge is 0.259 e. The van der Waals surface area contributed by atoms with Crippen LogP contribution in [0.3, 0.4) is 0 Å². The zero-order valence-corrected chi connectivity index (χ0v) is 15.2. The van der Waals surface area contributed by atoms with Crippen LogP contribution in [0.4, 0.5) is 10.8 Å². The maximum absolute atomic E-state index is 12.6. The summed E-state index contributed by atoms with van der Waals surface area (Å²) in [5, 5.41) is 8.07. The second-order valence-electron chi connectivity index (χ2n) is 5.14. The number of hydrogen-bond acceptors (Lipinski definition) is 5. The van der Waals surface area contributed by atoms with Crippen molar-refractivity contribution in [1.29, 1.82) is 0 Å². The number of halogens is 1. The van der Waals surface area contributed by atoms with Crippen LogP contribution < -0.4 is 15.4 Å². The lowest BCUT2D eigenvalue weighted by Crippen LogP contribution is -2.18. The van der Waals surface area contributed by atoms with E-state index < -0.39 is 5.91 Å². The van der Waals surface area contributed by atoms with Crippen molar-refractivity contribution in [2.75, 3.05) is 17.7 Å². The summed E-state index contributed by atoms with van der Waals surface area (Å²) < 4.78 is 5.20. The number of carbonyl (C=O) groups excluding carboxylic acids is 2. The van der Waals surface area contributed by atoms with E-state index in [0.29, 0.717) is 27.2 Å². The molecule has 1 heterocycles. The van der Waals surface area contributed by atoms with E-state index in [1.165, 1.54) is 24.5 Å². The van der Waals surface area contributed by atoms with Crippen molar-refractivity contribution in [1.82, 2.24) is 4.98 Å². The van der Waals surface area contributed by atoms with Crippen molar-refractivity contribution in [2.24, 2.45) is 0 Å². The van der Waals surface area contributed by atoms with Gasteiger partial charge in [-0.3, -0.25) is 14.9 Å². The molecule has 26 heavy (non-hydrogen) atoms. The van der Waals surface area contributed by atoms with E-state index in [2.05, 4.69) is 15.6 Å². The molecular formula is C18H14ClN3O3S. The summed E-state index contributed by atoms with van der Waals surface area (Å²) in [6.07, 6.45) is 1.60. The topological polar surface area (TPSA) is 80.3 Å². The van der Waals surface area contributed by atoms with Gasteiger partial charge in [-0.25, -0.2) is 4.98 Å². The molecule has 0 aliphatic carbocycles. The van der Waals surface area contributed by atoms with Gasteiger partial charge in [0, 0.05) is 16.6 Å². The summed E-state index contributed by atoms with van der Waals surface area (Å²) in [6, 6.07) is 11.5. The van der Waals surface area contributed by atoms with Gasteiger partial charge in [0.05, 0.1) is 23.9 Å². The second-order valence-corrected chi connectivity index (χ2v) is 6.47. The van der Waals surface area contributed by atoms with Crippen LogP contribution in [0, 0.1) is 0 Å². The molecule has 1 aromatic heterocycles. The third kappa shape index (κ3) is 4.01. The van der Waals surface area contributed by atoms with E-state index in [0.717, 1.165) is 0 Å². The minimum Gasteiger partial charge on any atom is -0.496 e. The number of para-hydroxylation sites is 1. The van der Waals surface area contributed by atoms with E-state index in [-0.39, 0.29) is 11.5 Å². The van der Waals surface area contributed by atoms with Crippen LogP contribution in [0.1, 0.15) is 20.7 Å². The summed E-state index contributed by atoms with van der Waals surface area (Å²) in [5.41, 5.74) is 0.959. The molecule has 0 radical (unpaired) electrons. The van der Waals surface area contributed by atoms with Gasteiger partial charge in [0.1, 0.15) is 5.75 Å². The molecule has 0 spiro atoms. The Balaban J connectivity index is 1.85. The Morgan fingerprint density at radius 2 is 1.85 bits per heavy atom. The molecule has 2 aromatic carbocycles. The van der Waals surface area contributed by atoms with Crippen molar-refractivity contribution >= 4 is 45.6 Å². The highest BCUT2D eigenvalue weighted by atomic mass is 35.5. The number of ether oxygens (including phenoxy) is 1. The quantitative estimate of drug-likeness (QED) is 0.683. The highest BCUT2D eigenvalue weighted by Crippen LogP contribution is 2.25. The zero-order chi connectivity index (χ0) is 18.5. The number of thiazole rings is 1. The normalized spacial score (nSPS) is 10.2. The van der Waals surface area contributed by atoms with Gasteiger partial charge in [0.2, 0.25) is 0 Å². The van der Waals surface area contributed by atoms with Crippen molar-refractivity contribution in [3.8, 4) is 5.75 Å². The van der Waals surface area contributed by atoms with Crippen LogP contribution in [0.15, 0.2) is 54.0 Å². The Kier molecular flexibility index (Phi) is 5.50. The van der Waals surface area contributed by atoms with Crippen LogP contribution in [0.5, 0.6) is 5.75 Å². The van der Waals surface area contributed by atoms with E-state index in [4.69, 9.17) is 16.3 Å². The lowest BCUT2D eigenvalue weighted by atomic mass is 10.1. The number of methoxy groups -OCH3 is 1. The van der Waals surface area contributed by atoms with Crippen molar-refractivity contribution in [3.63, 3.8) is 0 Å². The summed E-state index contributed by atoms with van der Waals surface area (Å²) in [4.78, 5) is 29.2. The summed E-state index contributed by atoms with van der Waals surface area (Å²) in [7, 11) is 1.47. The monoisotopic (exact) mass is 387 g/mol. The van der Waals surface area contributed by atoms with Gasteiger partial charge in [-0.2, -0.15) is 0 Å². The van der Waals surface area contributed by atoms with Gasteiger partial charge >= 0.3 is 0 Å². The number of aromatic nitrogens is 1. The van der Waals surface area contributed by atoms with Gasteiger partial charge < -0.3 is 10.1 Å². The first-order chi connectivity index (χ1) is 12.6. The average Bonchev–Trinajstić information content (AvgIpc) is 3.15. The molecule has 0 fully saturated rings. The molecule has 6 nitrogen and oxygen atoms in total. The first-order valence-electron chi connectivity index (χ1n) is 7.53. The lowest BCUT2D eigenvalue weighted by molar-refractivity contribution is 0.102. The molecule has 2 amide bonds. The summed E-state index contributed by atoms with van der Waals surface area (Å²) in [5.74, 6) is -0.413. The number of carbonyl (C=O) groups is 2. The lowest BCUT2D eigenvalue weighted by Gasteiger charge is -2.12. The Labute approximate surface area is 158 Å². The Bertz CT molecular complexity index is 945. The molecule has 0 bridgehead atoms. The number of amides is 2. The minimum atomic E-state index is -0.432. The number of nitrogens with zero attached hydrogens (tertiary/aromatic N) is 1. The Morgan fingerprint density at radius 3 is 2.58 bits per heavy atom. The number of nitrogens with one attached hydrogen (secondary N) is 2. The molecule has 0 aliphatic heterocycles. The summed E-state index contributed by atoms with van der Waals surface area (Å²) >= 11 is 7.28. The SMILES string of the molecule is COc1ccc(Cl)cc1C(=O)Nc1ccccc1C(=O)Nc1nccs1. The fourth-order valence-corrected chi connectivity index (χ4v) is 2.98. The maximum atomic E-state index is 12.6. The van der Waals surface area contributed by atoms with Crippen molar-refractivity contribution in [2.45, 2.75) is 0 Å². The molecule has 0 unspecified atom stereocenters. The molecule has 132 valence electrons. The van der Waals surface area contributed by atoms with E-state index >= 15 is 0 Å². The van der Waals surface area contributed by atoms with Crippen LogP contribution in [0.25, 0.3) is 0 Å². The first-order valence-corrected chi connectivity index (χ1v) is 8.79. The number of benzene rings is 2. The van der Waals surface area contributed by atoms with E-state index in [9.17, 15) is 9.59 Å². The van der Waals surface area contributed by atoms with Crippen LogP contribution in [0.2, 0.25) is 5.02 Å². The maximum Gasteiger partial charge on any atom is 0.259 e. The molecule has 2 N–H and O–H groups in total. The van der Waals surface area contributed by atoms with Crippen LogP contribution >= 0.6 is 22.9 Å². The predicted octanol–water partition coefficient (Wildman–Crippen LogP) is 4.31. The standard InChI is InChI=1S/C18H14ClN3O3S/c1-25-15-7-6-11(19)10-13(15)17(24)21-14-5-3-2-4-12(14)16(23)22-18-20-8-9-26-18/h2-10H,1H3,(H,21,24)(H,20,22,23). The fraction of sp³-hybridized carbons (Fsp3) is 0.0556. The van der Waals surface area contributed by atoms with Crippen molar-refractivity contribution in [3.05, 3.63) is 70.2 Å². The molecule has 0 saturated carbocycles. The van der Waals surface area contributed by atoms with Gasteiger partial charge in [0.15, 0.2) is 5.13 Å². The van der Waals surface area contributed by atoms with Crippen LogP contribution in [-0.4, -0.2) is 23.9 Å². The Hall–Kier alpha value is -2.90. The zero-order valence-electron chi connectivity index (χ0n) is 13.7. The number of hydrogen-bond donors (Lipinski definition) is 2. The second kappa shape index (κ2) is 7.99. The van der Waals surface area contributed by atoms with Gasteiger partial charge in [-0.1, -0.05) is 23.7 Å². The predicted molar refractivity (Wildman–Crippen MR) is 102 cm³/mol. The highest BCUT2D eigenvalue weighted by molar-refractivity contribution is 7.13. The third-order valence-corrected chi connectivity index (χ3v) is 4.40. The first kappa shape index (κ1) is 17.9. The minimum absolute atomic E-state index is 0.273. The fourth-order valence-electron chi connectivity index (χ4n) is 2.29.